The highest BCUT2D eigenvalue weighted by molar-refractivity contribution is 5.94. The maximum atomic E-state index is 13.8. The lowest BCUT2D eigenvalue weighted by molar-refractivity contribution is -0.131. The summed E-state index contributed by atoms with van der Waals surface area (Å²) in [7, 11) is 1.62. The second-order valence-corrected chi connectivity index (χ2v) is 8.58. The van der Waals surface area contributed by atoms with Gasteiger partial charge in [0.05, 0.1) is 25.7 Å². The molecule has 1 saturated heterocycles. The minimum absolute atomic E-state index is 0.00618. The highest BCUT2D eigenvalue weighted by Crippen LogP contribution is 2.27. The summed E-state index contributed by atoms with van der Waals surface area (Å²) in [6.07, 6.45) is 4.37. The predicted molar refractivity (Wildman–Crippen MR) is 120 cm³/mol. The third-order valence-electron chi connectivity index (χ3n) is 6.43. The van der Waals surface area contributed by atoms with E-state index in [1.807, 2.05) is 24.3 Å². The van der Waals surface area contributed by atoms with Crippen LogP contribution in [0.4, 0.5) is 4.39 Å². The van der Waals surface area contributed by atoms with Crippen molar-refractivity contribution in [1.82, 2.24) is 15.5 Å². The molecule has 1 heterocycles. The highest BCUT2D eigenvalue weighted by Gasteiger charge is 2.38. The van der Waals surface area contributed by atoms with E-state index in [0.717, 1.165) is 37.0 Å². The molecule has 2 N–H and O–H groups in total. The van der Waals surface area contributed by atoms with Crippen LogP contribution < -0.4 is 15.4 Å². The molecule has 2 aliphatic rings. The van der Waals surface area contributed by atoms with Crippen LogP contribution in [-0.4, -0.2) is 49.1 Å². The molecule has 7 heteroatoms. The van der Waals surface area contributed by atoms with Gasteiger partial charge in [-0.05, 0) is 55.2 Å². The number of hydrogen-bond donors (Lipinski definition) is 2. The molecular weight excluding hydrogens is 409 g/mol. The molecule has 0 bridgehead atoms. The third kappa shape index (κ3) is 5.27. The molecule has 1 saturated carbocycles. The van der Waals surface area contributed by atoms with Crippen LogP contribution >= 0.6 is 0 Å². The SMILES string of the molecule is COc1ccc(CCN(CC2NC(=O)C3CCCCC3N2)C(=O)c2cccc(F)c2)cc1. The number of amides is 2. The van der Waals surface area contributed by atoms with E-state index in [9.17, 15) is 14.0 Å². The molecule has 1 aliphatic heterocycles. The van der Waals surface area contributed by atoms with E-state index in [4.69, 9.17) is 4.74 Å². The van der Waals surface area contributed by atoms with Gasteiger partial charge in [0.15, 0.2) is 0 Å². The van der Waals surface area contributed by atoms with Crippen LogP contribution in [0.3, 0.4) is 0 Å². The number of carbonyl (C=O) groups is 2. The molecule has 2 aromatic rings. The summed E-state index contributed by atoms with van der Waals surface area (Å²) in [5.41, 5.74) is 1.37. The van der Waals surface area contributed by atoms with Crippen LogP contribution in [0.15, 0.2) is 48.5 Å². The Morgan fingerprint density at radius 3 is 2.69 bits per heavy atom. The van der Waals surface area contributed by atoms with Crippen LogP contribution in [0.2, 0.25) is 0 Å². The Morgan fingerprint density at radius 2 is 1.94 bits per heavy atom. The van der Waals surface area contributed by atoms with Gasteiger partial charge in [-0.15, -0.1) is 0 Å². The molecule has 2 aromatic carbocycles. The van der Waals surface area contributed by atoms with Crippen LogP contribution in [0, 0.1) is 11.7 Å². The number of hydrogen-bond acceptors (Lipinski definition) is 4. The number of rotatable bonds is 7. The van der Waals surface area contributed by atoms with E-state index >= 15 is 0 Å². The smallest absolute Gasteiger partial charge is 0.254 e. The molecule has 4 rings (SSSR count). The molecule has 0 spiro atoms. The van der Waals surface area contributed by atoms with Crippen LogP contribution in [0.5, 0.6) is 5.75 Å². The average Bonchev–Trinajstić information content (AvgIpc) is 2.81. The first-order chi connectivity index (χ1) is 15.5. The summed E-state index contributed by atoms with van der Waals surface area (Å²) in [4.78, 5) is 27.6. The van der Waals surface area contributed by atoms with Crippen molar-refractivity contribution in [3.8, 4) is 5.75 Å². The van der Waals surface area contributed by atoms with Gasteiger partial charge in [-0.3, -0.25) is 14.9 Å². The quantitative estimate of drug-likeness (QED) is 0.696. The summed E-state index contributed by atoms with van der Waals surface area (Å²) < 4.78 is 19.0. The van der Waals surface area contributed by atoms with E-state index in [1.54, 1.807) is 18.1 Å². The molecule has 1 aliphatic carbocycles. The monoisotopic (exact) mass is 439 g/mol. The van der Waals surface area contributed by atoms with Crippen LogP contribution in [0.1, 0.15) is 41.6 Å². The summed E-state index contributed by atoms with van der Waals surface area (Å²) in [6.45, 7) is 0.768. The molecule has 3 unspecified atom stereocenters. The fourth-order valence-corrected chi connectivity index (χ4v) is 4.68. The molecule has 0 aromatic heterocycles. The van der Waals surface area contributed by atoms with Gasteiger partial charge in [0.25, 0.3) is 5.91 Å². The maximum Gasteiger partial charge on any atom is 0.254 e. The first kappa shape index (κ1) is 22.3. The molecular formula is C25H30FN3O3. The van der Waals surface area contributed by atoms with Crippen molar-refractivity contribution >= 4 is 11.8 Å². The molecule has 6 nitrogen and oxygen atoms in total. The van der Waals surface area contributed by atoms with Crippen molar-refractivity contribution in [2.75, 3.05) is 20.2 Å². The number of nitrogens with zero attached hydrogens (tertiary/aromatic N) is 1. The van der Waals surface area contributed by atoms with E-state index in [2.05, 4.69) is 10.6 Å². The lowest BCUT2D eigenvalue weighted by Gasteiger charge is -2.41. The molecule has 3 atom stereocenters. The van der Waals surface area contributed by atoms with E-state index < -0.39 is 5.82 Å². The number of benzene rings is 2. The largest absolute Gasteiger partial charge is 0.497 e. The fraction of sp³-hybridized carbons (Fsp3) is 0.440. The lowest BCUT2D eigenvalue weighted by atomic mass is 9.82. The Balaban J connectivity index is 1.48. The second kappa shape index (κ2) is 10.1. The minimum Gasteiger partial charge on any atom is -0.497 e. The normalized spacial score (nSPS) is 22.6. The minimum atomic E-state index is -0.444. The Labute approximate surface area is 188 Å². The Bertz CT molecular complexity index is 950. The highest BCUT2D eigenvalue weighted by atomic mass is 19.1. The van der Waals surface area contributed by atoms with Crippen LogP contribution in [0.25, 0.3) is 0 Å². The molecule has 32 heavy (non-hydrogen) atoms. The van der Waals surface area contributed by atoms with Crippen LogP contribution in [-0.2, 0) is 11.2 Å². The number of carbonyl (C=O) groups excluding carboxylic acids is 2. The lowest BCUT2D eigenvalue weighted by Crippen LogP contribution is -2.65. The zero-order valence-corrected chi connectivity index (χ0v) is 18.4. The zero-order chi connectivity index (χ0) is 22.5. The van der Waals surface area contributed by atoms with Gasteiger partial charge in [0.2, 0.25) is 5.91 Å². The topological polar surface area (TPSA) is 70.7 Å². The van der Waals surface area contributed by atoms with Gasteiger partial charge >= 0.3 is 0 Å². The van der Waals surface area contributed by atoms with Crippen molar-refractivity contribution in [3.63, 3.8) is 0 Å². The molecule has 2 amide bonds. The Kier molecular flexibility index (Phi) is 7.05. The van der Waals surface area contributed by atoms with Gasteiger partial charge in [-0.1, -0.05) is 31.0 Å². The zero-order valence-electron chi connectivity index (χ0n) is 18.4. The first-order valence-electron chi connectivity index (χ1n) is 11.3. The summed E-state index contributed by atoms with van der Waals surface area (Å²) in [5, 5.41) is 6.57. The molecule has 0 radical (unpaired) electrons. The molecule has 170 valence electrons. The number of methoxy groups -OCH3 is 1. The van der Waals surface area contributed by atoms with Gasteiger partial charge in [-0.25, -0.2) is 4.39 Å². The van der Waals surface area contributed by atoms with Gasteiger partial charge < -0.3 is 15.0 Å². The van der Waals surface area contributed by atoms with E-state index in [1.165, 1.54) is 18.2 Å². The number of nitrogens with one attached hydrogen (secondary N) is 2. The van der Waals surface area contributed by atoms with Gasteiger partial charge in [0.1, 0.15) is 11.6 Å². The predicted octanol–water partition coefficient (Wildman–Crippen LogP) is 3.12. The first-order valence-corrected chi connectivity index (χ1v) is 11.3. The standard InChI is InChI=1S/C25H30FN3O3/c1-32-20-11-9-17(10-12-20)13-14-29(25(31)18-5-4-6-19(26)15-18)16-23-27-22-8-3-2-7-21(22)24(30)28-23/h4-6,9-12,15,21-23,27H,2-3,7-8,13-14,16H2,1H3,(H,28,30). The summed E-state index contributed by atoms with van der Waals surface area (Å²) >= 11 is 0. The average molecular weight is 440 g/mol. The Morgan fingerprint density at radius 1 is 1.16 bits per heavy atom. The van der Waals surface area contributed by atoms with Crippen molar-refractivity contribution in [1.29, 1.82) is 0 Å². The van der Waals surface area contributed by atoms with Crippen molar-refractivity contribution < 1.29 is 18.7 Å². The summed E-state index contributed by atoms with van der Waals surface area (Å²) in [5.74, 6) is 0.149. The number of halogens is 1. The third-order valence-corrected chi connectivity index (χ3v) is 6.43. The van der Waals surface area contributed by atoms with E-state index in [-0.39, 0.29) is 29.9 Å². The summed E-state index contributed by atoms with van der Waals surface area (Å²) in [6, 6.07) is 13.6. The van der Waals surface area contributed by atoms with Gasteiger partial charge in [0, 0.05) is 18.2 Å². The van der Waals surface area contributed by atoms with Crippen molar-refractivity contribution in [2.45, 2.75) is 44.3 Å². The van der Waals surface area contributed by atoms with E-state index in [0.29, 0.717) is 25.1 Å². The second-order valence-electron chi connectivity index (χ2n) is 8.58. The fourth-order valence-electron chi connectivity index (χ4n) is 4.68. The molecule has 2 fully saturated rings. The van der Waals surface area contributed by atoms with Crippen molar-refractivity contribution in [2.24, 2.45) is 5.92 Å². The maximum absolute atomic E-state index is 13.8. The number of ether oxygens (including phenoxy) is 1. The Hall–Kier alpha value is -2.93. The number of fused-ring (bicyclic) bond motifs is 1. The van der Waals surface area contributed by atoms with Gasteiger partial charge in [-0.2, -0.15) is 0 Å². The van der Waals surface area contributed by atoms with Crippen molar-refractivity contribution in [3.05, 3.63) is 65.5 Å².